The first-order valence-electron chi connectivity index (χ1n) is 4.41. The molecule has 0 bridgehead atoms. The molecule has 1 aromatic carbocycles. The highest BCUT2D eigenvalue weighted by Gasteiger charge is 2.32. The molecule has 1 unspecified atom stereocenters. The van der Waals surface area contributed by atoms with Gasteiger partial charge < -0.3 is 0 Å². The van der Waals surface area contributed by atoms with Crippen LogP contribution in [0.5, 0.6) is 0 Å². The Balaban J connectivity index is 3.22. The van der Waals surface area contributed by atoms with Crippen molar-refractivity contribution in [3.63, 3.8) is 0 Å². The molecule has 0 fully saturated rings. The minimum absolute atomic E-state index is 0.0812. The first-order chi connectivity index (χ1) is 7.72. The van der Waals surface area contributed by atoms with Gasteiger partial charge in [0.2, 0.25) is 0 Å². The molecule has 0 aliphatic carbocycles. The van der Waals surface area contributed by atoms with Crippen molar-refractivity contribution in [2.45, 2.75) is 22.2 Å². The van der Waals surface area contributed by atoms with Crippen molar-refractivity contribution >= 4 is 56.1 Å². The molecule has 0 amide bonds. The van der Waals surface area contributed by atoms with Crippen LogP contribution in [0.3, 0.4) is 0 Å². The third kappa shape index (κ3) is 4.44. The van der Waals surface area contributed by atoms with E-state index in [1.54, 1.807) is 12.1 Å². The molecule has 94 valence electrons. The fourth-order valence-electron chi connectivity index (χ4n) is 1.17. The minimum Gasteiger partial charge on any atom is -0.298 e. The van der Waals surface area contributed by atoms with Crippen LogP contribution in [0.4, 0.5) is 13.2 Å². The standard InChI is InChI=1S/C10H7BrF3IOS/c1-5(16)8(11)6-3-2-4-7(15)9(6)17-10(12,13)14/h2-4,8H,1H3. The van der Waals surface area contributed by atoms with E-state index >= 15 is 0 Å². The van der Waals surface area contributed by atoms with Gasteiger partial charge in [-0.2, -0.15) is 13.2 Å². The second-order valence-corrected chi connectivity index (χ2v) is 6.33. The van der Waals surface area contributed by atoms with Gasteiger partial charge in [0, 0.05) is 8.47 Å². The SMILES string of the molecule is CC(=O)C(Br)c1cccc(I)c1SC(F)(F)F. The van der Waals surface area contributed by atoms with E-state index < -0.39 is 10.3 Å². The predicted octanol–water partition coefficient (Wildman–Crippen LogP) is 4.93. The van der Waals surface area contributed by atoms with Gasteiger partial charge in [-0.15, -0.1) is 0 Å². The number of thioether (sulfide) groups is 1. The first-order valence-corrected chi connectivity index (χ1v) is 7.22. The van der Waals surface area contributed by atoms with Crippen LogP contribution >= 0.6 is 50.3 Å². The number of rotatable bonds is 3. The van der Waals surface area contributed by atoms with E-state index in [0.29, 0.717) is 9.13 Å². The van der Waals surface area contributed by atoms with Crippen LogP contribution in [0.25, 0.3) is 0 Å². The van der Waals surface area contributed by atoms with Crippen LogP contribution in [0.15, 0.2) is 23.1 Å². The highest BCUT2D eigenvalue weighted by atomic mass is 127. The normalized spacial score (nSPS) is 13.5. The number of hydrogen-bond acceptors (Lipinski definition) is 2. The summed E-state index contributed by atoms with van der Waals surface area (Å²) in [6, 6.07) is 4.74. The maximum absolute atomic E-state index is 12.4. The predicted molar refractivity (Wildman–Crippen MR) is 73.4 cm³/mol. The third-order valence-electron chi connectivity index (χ3n) is 1.85. The lowest BCUT2D eigenvalue weighted by Gasteiger charge is -2.15. The Morgan fingerprint density at radius 1 is 1.47 bits per heavy atom. The van der Waals surface area contributed by atoms with Gasteiger partial charge in [0.15, 0.2) is 0 Å². The van der Waals surface area contributed by atoms with Gasteiger partial charge in [-0.25, -0.2) is 0 Å². The van der Waals surface area contributed by atoms with Crippen molar-refractivity contribution in [2.24, 2.45) is 0 Å². The highest BCUT2D eigenvalue weighted by Crippen LogP contribution is 2.43. The Bertz CT molecular complexity index is 436. The van der Waals surface area contributed by atoms with Gasteiger partial charge in [-0.05, 0) is 52.9 Å². The number of halogens is 5. The van der Waals surface area contributed by atoms with E-state index in [1.165, 1.54) is 13.0 Å². The average molecular weight is 439 g/mol. The van der Waals surface area contributed by atoms with Gasteiger partial charge in [-0.1, -0.05) is 28.1 Å². The van der Waals surface area contributed by atoms with Gasteiger partial charge in [0.25, 0.3) is 0 Å². The molecule has 0 aliphatic rings. The van der Waals surface area contributed by atoms with Crippen molar-refractivity contribution in [1.29, 1.82) is 0 Å². The number of Topliss-reactive ketones (excluding diaryl/α,β-unsaturated/α-hetero) is 1. The highest BCUT2D eigenvalue weighted by molar-refractivity contribution is 14.1. The fraction of sp³-hybridized carbons (Fsp3) is 0.300. The molecule has 0 heterocycles. The molecule has 1 nitrogen and oxygen atoms in total. The smallest absolute Gasteiger partial charge is 0.298 e. The molecule has 0 spiro atoms. The maximum atomic E-state index is 12.4. The van der Waals surface area contributed by atoms with Gasteiger partial charge in [0.1, 0.15) is 5.78 Å². The Labute approximate surface area is 123 Å². The summed E-state index contributed by atoms with van der Waals surface area (Å²) in [5.41, 5.74) is -4.01. The second kappa shape index (κ2) is 5.92. The molecular weight excluding hydrogens is 432 g/mol. The Morgan fingerprint density at radius 2 is 2.06 bits per heavy atom. The number of carbonyl (C=O) groups is 1. The molecule has 0 aromatic heterocycles. The molecule has 1 aromatic rings. The van der Waals surface area contributed by atoms with Crippen molar-refractivity contribution in [3.05, 3.63) is 27.3 Å². The lowest BCUT2D eigenvalue weighted by atomic mass is 10.1. The van der Waals surface area contributed by atoms with E-state index in [-0.39, 0.29) is 22.4 Å². The van der Waals surface area contributed by atoms with Crippen LogP contribution in [-0.2, 0) is 4.79 Å². The molecule has 0 N–H and O–H groups in total. The zero-order valence-electron chi connectivity index (χ0n) is 8.52. The van der Waals surface area contributed by atoms with Crippen molar-refractivity contribution in [3.8, 4) is 0 Å². The van der Waals surface area contributed by atoms with Gasteiger partial charge in [-0.3, -0.25) is 4.79 Å². The van der Waals surface area contributed by atoms with Gasteiger partial charge in [0.05, 0.1) is 4.83 Å². The van der Waals surface area contributed by atoms with E-state index in [2.05, 4.69) is 15.9 Å². The zero-order valence-corrected chi connectivity index (χ0v) is 13.1. The Hall–Kier alpha value is 0.240. The van der Waals surface area contributed by atoms with Crippen LogP contribution < -0.4 is 0 Å². The molecule has 0 saturated carbocycles. The summed E-state index contributed by atoms with van der Waals surface area (Å²) < 4.78 is 37.8. The summed E-state index contributed by atoms with van der Waals surface area (Å²) in [7, 11) is 0. The summed E-state index contributed by atoms with van der Waals surface area (Å²) in [5, 5.41) is 0. The molecule has 1 rings (SSSR count). The quantitative estimate of drug-likeness (QED) is 0.378. The minimum atomic E-state index is -4.36. The molecule has 0 radical (unpaired) electrons. The van der Waals surface area contributed by atoms with Crippen molar-refractivity contribution < 1.29 is 18.0 Å². The molecular formula is C10H7BrF3IOS. The van der Waals surface area contributed by atoms with Crippen molar-refractivity contribution in [2.75, 3.05) is 0 Å². The summed E-state index contributed by atoms with van der Waals surface area (Å²) in [4.78, 5) is 10.6. The van der Waals surface area contributed by atoms with E-state index in [9.17, 15) is 18.0 Å². The average Bonchev–Trinajstić information content (AvgIpc) is 2.18. The lowest BCUT2D eigenvalue weighted by molar-refractivity contribution is -0.116. The summed E-state index contributed by atoms with van der Waals surface area (Å²) in [6.45, 7) is 1.33. The number of hydrogen-bond donors (Lipinski definition) is 0. The van der Waals surface area contributed by atoms with E-state index in [1.807, 2.05) is 22.6 Å². The molecule has 1 atom stereocenters. The maximum Gasteiger partial charge on any atom is 0.446 e. The molecule has 17 heavy (non-hydrogen) atoms. The molecule has 7 heteroatoms. The molecule has 0 aliphatic heterocycles. The Kier molecular flexibility index (Phi) is 5.33. The lowest BCUT2D eigenvalue weighted by Crippen LogP contribution is -2.07. The number of carbonyl (C=O) groups excluding carboxylic acids is 1. The summed E-state index contributed by atoms with van der Waals surface area (Å²) in [5.74, 6) is -0.226. The summed E-state index contributed by atoms with van der Waals surface area (Å²) >= 11 is 4.75. The van der Waals surface area contributed by atoms with Crippen LogP contribution in [0, 0.1) is 3.57 Å². The van der Waals surface area contributed by atoms with Crippen molar-refractivity contribution in [1.82, 2.24) is 0 Å². The third-order valence-corrected chi connectivity index (χ3v) is 5.14. The van der Waals surface area contributed by atoms with Crippen LogP contribution in [0.1, 0.15) is 17.3 Å². The van der Waals surface area contributed by atoms with E-state index in [4.69, 9.17) is 0 Å². The first kappa shape index (κ1) is 15.3. The van der Waals surface area contributed by atoms with Gasteiger partial charge >= 0.3 is 5.51 Å². The number of benzene rings is 1. The summed E-state index contributed by atoms with van der Waals surface area (Å²) in [6.07, 6.45) is 0. The fourth-order valence-corrected chi connectivity index (χ4v) is 3.25. The second-order valence-electron chi connectivity index (χ2n) is 3.18. The van der Waals surface area contributed by atoms with E-state index in [0.717, 1.165) is 0 Å². The molecule has 0 saturated heterocycles. The number of alkyl halides is 4. The largest absolute Gasteiger partial charge is 0.446 e. The van der Waals surface area contributed by atoms with Crippen LogP contribution in [-0.4, -0.2) is 11.3 Å². The van der Waals surface area contributed by atoms with Crippen LogP contribution in [0.2, 0.25) is 0 Å². The Morgan fingerprint density at radius 3 is 2.53 bits per heavy atom. The number of ketones is 1. The monoisotopic (exact) mass is 438 g/mol. The topological polar surface area (TPSA) is 17.1 Å². The zero-order chi connectivity index (χ0) is 13.2.